The van der Waals surface area contributed by atoms with Gasteiger partial charge >= 0.3 is 8.72 Å². The van der Waals surface area contributed by atoms with Gasteiger partial charge in [-0.1, -0.05) is 18.2 Å². The first-order chi connectivity index (χ1) is 7.91. The van der Waals surface area contributed by atoms with E-state index in [0.717, 1.165) is 5.69 Å². The zero-order chi connectivity index (χ0) is 12.9. The minimum Gasteiger partial charge on any atom is -0.376 e. The lowest BCUT2D eigenvalue weighted by Gasteiger charge is -2.31. The first-order valence-corrected chi connectivity index (χ1v) is 8.42. The Morgan fingerprint density at radius 3 is 1.82 bits per heavy atom. The van der Waals surface area contributed by atoms with Gasteiger partial charge in [-0.2, -0.15) is 0 Å². The summed E-state index contributed by atoms with van der Waals surface area (Å²) in [5.41, 5.74) is 1.04. The lowest BCUT2D eigenvalue weighted by molar-refractivity contribution is 0.115. The van der Waals surface area contributed by atoms with Crippen LogP contribution < -0.4 is 4.98 Å². The summed E-state index contributed by atoms with van der Waals surface area (Å²) in [6, 6.07) is 10.1. The van der Waals surface area contributed by atoms with E-state index in [1.54, 1.807) is 0 Å². The van der Waals surface area contributed by atoms with Gasteiger partial charge in [0.15, 0.2) is 0 Å². The number of nitrogens with one attached hydrogen (secondary N) is 1. The van der Waals surface area contributed by atoms with Gasteiger partial charge in [0.25, 0.3) is 0 Å². The highest BCUT2D eigenvalue weighted by molar-refractivity contribution is 6.69. The van der Waals surface area contributed by atoms with Crippen molar-refractivity contribution in [2.24, 2.45) is 0 Å². The van der Waals surface area contributed by atoms with Gasteiger partial charge < -0.3 is 13.8 Å². The molecule has 0 bridgehead atoms. The van der Waals surface area contributed by atoms with Gasteiger partial charge in [-0.3, -0.25) is 0 Å². The highest BCUT2D eigenvalue weighted by atomic mass is 28.4. The summed E-state index contributed by atoms with van der Waals surface area (Å²) < 4.78 is 11.9. The molecule has 4 heteroatoms. The van der Waals surface area contributed by atoms with E-state index >= 15 is 0 Å². The predicted octanol–water partition coefficient (Wildman–Crippen LogP) is 3.52. The molecule has 0 saturated heterocycles. The van der Waals surface area contributed by atoms with Crippen molar-refractivity contribution >= 4 is 14.4 Å². The Labute approximate surface area is 105 Å². The smallest absolute Gasteiger partial charge is 0.376 e. The maximum Gasteiger partial charge on any atom is 0.454 e. The van der Waals surface area contributed by atoms with Gasteiger partial charge in [0.1, 0.15) is 0 Å². The third kappa shape index (κ3) is 5.34. The Hall–Kier alpha value is -0.843. The zero-order valence-corrected chi connectivity index (χ0v) is 12.4. The number of para-hydroxylation sites is 1. The van der Waals surface area contributed by atoms with Crippen molar-refractivity contribution in [1.29, 1.82) is 0 Å². The van der Waals surface area contributed by atoms with E-state index in [2.05, 4.69) is 4.98 Å². The second kappa shape index (κ2) is 6.19. The number of rotatable bonds is 6. The molecule has 1 aromatic rings. The van der Waals surface area contributed by atoms with E-state index in [1.807, 2.05) is 64.6 Å². The second-order valence-corrected chi connectivity index (χ2v) is 7.38. The Balaban J connectivity index is 2.76. The molecule has 3 nitrogen and oxygen atoms in total. The molecule has 0 aliphatic carbocycles. The Morgan fingerprint density at radius 1 is 0.941 bits per heavy atom. The summed E-state index contributed by atoms with van der Waals surface area (Å²) in [4.78, 5) is 3.41. The van der Waals surface area contributed by atoms with E-state index in [9.17, 15) is 0 Å². The quantitative estimate of drug-likeness (QED) is 0.787. The van der Waals surface area contributed by atoms with Crippen LogP contribution in [-0.4, -0.2) is 20.9 Å². The molecule has 0 atom stereocenters. The van der Waals surface area contributed by atoms with Crippen molar-refractivity contribution in [2.75, 3.05) is 4.98 Å². The van der Waals surface area contributed by atoms with E-state index in [1.165, 1.54) is 0 Å². The maximum atomic E-state index is 5.96. The largest absolute Gasteiger partial charge is 0.454 e. The molecule has 0 aliphatic heterocycles. The average Bonchev–Trinajstić information content (AvgIpc) is 2.15. The molecule has 1 N–H and O–H groups in total. The van der Waals surface area contributed by atoms with Crippen LogP contribution >= 0.6 is 0 Å². The molecule has 0 aliphatic rings. The van der Waals surface area contributed by atoms with Gasteiger partial charge in [0.05, 0.1) is 0 Å². The number of benzene rings is 1. The first-order valence-electron chi connectivity index (χ1n) is 6.10. The number of hydrogen-bond donors (Lipinski definition) is 1. The highest BCUT2D eigenvalue weighted by Gasteiger charge is 2.35. The van der Waals surface area contributed by atoms with Crippen molar-refractivity contribution in [3.8, 4) is 0 Å². The fourth-order valence-corrected chi connectivity index (χ4v) is 4.43. The highest BCUT2D eigenvalue weighted by Crippen LogP contribution is 2.17. The monoisotopic (exact) mass is 253 g/mol. The fourth-order valence-electron chi connectivity index (χ4n) is 1.77. The molecule has 0 radical (unpaired) electrons. The third-order valence-electron chi connectivity index (χ3n) is 2.07. The van der Waals surface area contributed by atoms with Gasteiger partial charge in [0.2, 0.25) is 0 Å². The fraction of sp³-hybridized carbons (Fsp3) is 0.538. The summed E-state index contributed by atoms with van der Waals surface area (Å²) in [7, 11) is -2.37. The van der Waals surface area contributed by atoms with Crippen LogP contribution in [0.15, 0.2) is 30.3 Å². The summed E-state index contributed by atoms with van der Waals surface area (Å²) >= 11 is 0. The van der Waals surface area contributed by atoms with E-state index < -0.39 is 8.72 Å². The van der Waals surface area contributed by atoms with Crippen LogP contribution in [-0.2, 0) is 8.85 Å². The molecule has 1 rings (SSSR count). The predicted molar refractivity (Wildman–Crippen MR) is 74.1 cm³/mol. The molecule has 0 saturated carbocycles. The van der Waals surface area contributed by atoms with Crippen molar-refractivity contribution in [2.45, 2.75) is 46.4 Å². The Bertz CT molecular complexity index is 317. The number of hydrogen-bond acceptors (Lipinski definition) is 3. The summed E-state index contributed by atoms with van der Waals surface area (Å²) in [5.74, 6) is 0. The Kier molecular flexibility index (Phi) is 5.18. The van der Waals surface area contributed by atoms with E-state index in [4.69, 9.17) is 8.85 Å². The first kappa shape index (κ1) is 14.2. The SMILES string of the molecule is CC(C)O[Si](C)(Nc1ccccc1)OC(C)C. The maximum absolute atomic E-state index is 5.96. The van der Waals surface area contributed by atoms with Crippen molar-refractivity contribution in [3.05, 3.63) is 30.3 Å². The molecule has 0 heterocycles. The molecule has 0 spiro atoms. The van der Waals surface area contributed by atoms with Gasteiger partial charge in [-0.15, -0.1) is 0 Å². The Morgan fingerprint density at radius 2 is 1.41 bits per heavy atom. The molecule has 0 amide bonds. The van der Waals surface area contributed by atoms with Crippen molar-refractivity contribution < 1.29 is 8.85 Å². The standard InChI is InChI=1S/C13H23NO2Si/c1-11(2)15-17(5,16-12(3)4)14-13-9-7-6-8-10-13/h6-12,14H,1-5H3. The topological polar surface area (TPSA) is 30.5 Å². The van der Waals surface area contributed by atoms with Crippen LogP contribution in [0.25, 0.3) is 0 Å². The molecular formula is C13H23NO2Si. The van der Waals surface area contributed by atoms with Crippen LogP contribution in [0.5, 0.6) is 0 Å². The molecule has 96 valence electrons. The lowest BCUT2D eigenvalue weighted by atomic mass is 10.3. The van der Waals surface area contributed by atoms with E-state index in [-0.39, 0.29) is 12.2 Å². The molecule has 0 fully saturated rings. The third-order valence-corrected chi connectivity index (χ3v) is 4.65. The lowest BCUT2D eigenvalue weighted by Crippen LogP contribution is -2.50. The summed E-state index contributed by atoms with van der Waals surface area (Å²) in [6.45, 7) is 10.2. The molecule has 0 unspecified atom stereocenters. The average molecular weight is 253 g/mol. The van der Waals surface area contributed by atoms with Crippen LogP contribution in [0.3, 0.4) is 0 Å². The van der Waals surface area contributed by atoms with Crippen molar-refractivity contribution in [3.63, 3.8) is 0 Å². The number of anilines is 1. The molecule has 17 heavy (non-hydrogen) atoms. The van der Waals surface area contributed by atoms with Gasteiger partial charge in [0, 0.05) is 17.9 Å². The van der Waals surface area contributed by atoms with Crippen LogP contribution in [0.2, 0.25) is 6.55 Å². The second-order valence-electron chi connectivity index (χ2n) is 4.77. The zero-order valence-electron chi connectivity index (χ0n) is 11.4. The van der Waals surface area contributed by atoms with Crippen LogP contribution in [0.4, 0.5) is 5.69 Å². The molecule has 1 aromatic carbocycles. The minimum absolute atomic E-state index is 0.154. The minimum atomic E-state index is -2.37. The van der Waals surface area contributed by atoms with Crippen molar-refractivity contribution in [1.82, 2.24) is 0 Å². The van der Waals surface area contributed by atoms with Gasteiger partial charge in [-0.25, -0.2) is 0 Å². The summed E-state index contributed by atoms with van der Waals surface area (Å²) in [5, 5.41) is 0. The van der Waals surface area contributed by atoms with E-state index in [0.29, 0.717) is 0 Å². The van der Waals surface area contributed by atoms with Crippen LogP contribution in [0.1, 0.15) is 27.7 Å². The summed E-state index contributed by atoms with van der Waals surface area (Å²) in [6.07, 6.45) is 0.309. The molecular weight excluding hydrogens is 230 g/mol. The van der Waals surface area contributed by atoms with Crippen LogP contribution in [0, 0.1) is 0 Å². The molecule has 0 aromatic heterocycles. The normalized spacial score (nSPS) is 12.2. The van der Waals surface area contributed by atoms with Gasteiger partial charge in [-0.05, 0) is 46.4 Å².